The van der Waals surface area contributed by atoms with Gasteiger partial charge in [0.2, 0.25) is 0 Å². The summed E-state index contributed by atoms with van der Waals surface area (Å²) in [5.41, 5.74) is 5.34. The van der Waals surface area contributed by atoms with Crippen molar-refractivity contribution in [2.24, 2.45) is 0 Å². The maximum atomic E-state index is 13.2. The van der Waals surface area contributed by atoms with Crippen LogP contribution in [-0.2, 0) is 5.41 Å². The maximum absolute atomic E-state index is 13.2. The lowest BCUT2D eigenvalue weighted by molar-refractivity contribution is 0.590. The maximum Gasteiger partial charge on any atom is 0.123 e. The van der Waals surface area contributed by atoms with Crippen LogP contribution in [0.5, 0.6) is 0 Å². The Morgan fingerprint density at radius 1 is 0.846 bits per heavy atom. The molecule has 26 heavy (non-hydrogen) atoms. The third-order valence-corrected chi connectivity index (χ3v) is 5.64. The summed E-state index contributed by atoms with van der Waals surface area (Å²) in [7, 11) is 0. The van der Waals surface area contributed by atoms with Gasteiger partial charge in [-0.15, -0.1) is 11.3 Å². The van der Waals surface area contributed by atoms with Crippen LogP contribution in [0.1, 0.15) is 26.3 Å². The number of aromatic nitrogens is 2. The van der Waals surface area contributed by atoms with Gasteiger partial charge in [-0.05, 0) is 34.7 Å². The van der Waals surface area contributed by atoms with Crippen molar-refractivity contribution in [2.45, 2.75) is 26.2 Å². The molecule has 0 radical (unpaired) electrons. The van der Waals surface area contributed by atoms with E-state index in [1.807, 2.05) is 6.07 Å². The highest BCUT2D eigenvalue weighted by atomic mass is 32.1. The van der Waals surface area contributed by atoms with E-state index in [-0.39, 0.29) is 11.2 Å². The third kappa shape index (κ3) is 3.13. The summed E-state index contributed by atoms with van der Waals surface area (Å²) in [5, 5.41) is 0. The van der Waals surface area contributed by atoms with E-state index < -0.39 is 0 Å². The number of fused-ring (bicyclic) bond motifs is 1. The fourth-order valence-corrected chi connectivity index (χ4v) is 4.07. The Bertz CT molecular complexity index is 1060. The molecular weight excluding hydrogens is 343 g/mol. The number of nitrogens with zero attached hydrogens (tertiary/aromatic N) is 2. The van der Waals surface area contributed by atoms with Crippen molar-refractivity contribution >= 4 is 21.6 Å². The first kappa shape index (κ1) is 16.9. The summed E-state index contributed by atoms with van der Waals surface area (Å²) >= 11 is 1.64. The average Bonchev–Trinajstić information content (AvgIpc) is 3.06. The molecule has 0 spiro atoms. The van der Waals surface area contributed by atoms with Crippen molar-refractivity contribution in [3.63, 3.8) is 0 Å². The average molecular weight is 362 g/mol. The molecule has 2 nitrogen and oxygen atoms in total. The van der Waals surface area contributed by atoms with E-state index in [0.717, 1.165) is 31.9 Å². The van der Waals surface area contributed by atoms with Gasteiger partial charge in [0.25, 0.3) is 0 Å². The minimum atomic E-state index is -0.228. The van der Waals surface area contributed by atoms with E-state index in [1.165, 1.54) is 17.7 Å². The number of halogens is 1. The molecule has 0 saturated carbocycles. The minimum Gasteiger partial charge on any atom is -0.235 e. The molecule has 0 amide bonds. The third-order valence-electron chi connectivity index (χ3n) is 4.46. The Hall–Kier alpha value is -2.59. The fourth-order valence-electron chi connectivity index (χ4n) is 2.94. The largest absolute Gasteiger partial charge is 0.235 e. The molecule has 4 heteroatoms. The zero-order valence-electron chi connectivity index (χ0n) is 15.0. The van der Waals surface area contributed by atoms with Gasteiger partial charge in [0.05, 0.1) is 15.9 Å². The fraction of sp³-hybridized carbons (Fsp3) is 0.182. The van der Waals surface area contributed by atoms with Crippen molar-refractivity contribution in [1.29, 1.82) is 0 Å². The lowest BCUT2D eigenvalue weighted by Crippen LogP contribution is -2.10. The van der Waals surface area contributed by atoms with Gasteiger partial charge in [-0.1, -0.05) is 57.2 Å². The molecule has 0 unspecified atom stereocenters. The van der Waals surface area contributed by atoms with Crippen molar-refractivity contribution in [1.82, 2.24) is 9.97 Å². The molecule has 0 aliphatic rings. The van der Waals surface area contributed by atoms with Gasteiger partial charge in [0, 0.05) is 10.4 Å². The number of hydrogen-bond donors (Lipinski definition) is 0. The van der Waals surface area contributed by atoms with E-state index in [9.17, 15) is 4.39 Å². The van der Waals surface area contributed by atoms with Crippen LogP contribution in [0, 0.1) is 5.82 Å². The van der Waals surface area contributed by atoms with Crippen LogP contribution in [0.4, 0.5) is 4.39 Å². The van der Waals surface area contributed by atoms with Crippen LogP contribution in [-0.4, -0.2) is 9.97 Å². The second-order valence-corrected chi connectivity index (χ2v) is 8.43. The van der Waals surface area contributed by atoms with E-state index in [1.54, 1.807) is 29.8 Å². The van der Waals surface area contributed by atoms with Gasteiger partial charge in [0.15, 0.2) is 0 Å². The molecule has 130 valence electrons. The molecule has 0 aliphatic heterocycles. The van der Waals surface area contributed by atoms with E-state index in [2.05, 4.69) is 55.0 Å². The highest BCUT2D eigenvalue weighted by Gasteiger charge is 2.15. The molecule has 0 bridgehead atoms. The molecule has 2 aromatic heterocycles. The molecular formula is C22H19FN2S. The van der Waals surface area contributed by atoms with Crippen LogP contribution in [0.15, 0.2) is 60.9 Å². The summed E-state index contributed by atoms with van der Waals surface area (Å²) in [6.07, 6.45) is 1.61. The SMILES string of the molecule is CC(C)(C)c1ccc(-c2ncnc3cc(-c4ccc(F)cc4)sc23)cc1. The van der Waals surface area contributed by atoms with Gasteiger partial charge in [-0.2, -0.15) is 0 Å². The number of hydrogen-bond acceptors (Lipinski definition) is 3. The first-order valence-electron chi connectivity index (χ1n) is 8.53. The number of benzene rings is 2. The van der Waals surface area contributed by atoms with Gasteiger partial charge in [-0.3, -0.25) is 0 Å². The van der Waals surface area contributed by atoms with Gasteiger partial charge < -0.3 is 0 Å². The molecule has 0 fully saturated rings. The van der Waals surface area contributed by atoms with E-state index in [4.69, 9.17) is 0 Å². The predicted molar refractivity (Wildman–Crippen MR) is 107 cm³/mol. The summed E-state index contributed by atoms with van der Waals surface area (Å²) in [5.74, 6) is -0.228. The zero-order valence-corrected chi connectivity index (χ0v) is 15.8. The Morgan fingerprint density at radius 3 is 2.15 bits per heavy atom. The standard InChI is InChI=1S/C22H19FN2S/c1-22(2,3)16-8-4-15(5-9-16)20-21-18(24-13-25-20)12-19(26-21)14-6-10-17(23)11-7-14/h4-13H,1-3H3. The first-order valence-corrected chi connectivity index (χ1v) is 9.35. The highest BCUT2D eigenvalue weighted by molar-refractivity contribution is 7.22. The lowest BCUT2D eigenvalue weighted by Gasteiger charge is -2.19. The minimum absolute atomic E-state index is 0.123. The quantitative estimate of drug-likeness (QED) is 0.409. The Morgan fingerprint density at radius 2 is 1.50 bits per heavy atom. The smallest absolute Gasteiger partial charge is 0.123 e. The first-order chi connectivity index (χ1) is 12.4. The Kier molecular flexibility index (Phi) is 4.08. The van der Waals surface area contributed by atoms with Crippen LogP contribution in [0.3, 0.4) is 0 Å². The molecule has 0 aliphatic carbocycles. The van der Waals surface area contributed by atoms with Gasteiger partial charge in [-0.25, -0.2) is 14.4 Å². The van der Waals surface area contributed by atoms with Crippen molar-refractivity contribution < 1.29 is 4.39 Å². The van der Waals surface area contributed by atoms with E-state index >= 15 is 0 Å². The second-order valence-electron chi connectivity index (χ2n) is 7.38. The molecule has 0 saturated heterocycles. The number of rotatable bonds is 2. The molecule has 0 N–H and O–H groups in total. The zero-order chi connectivity index (χ0) is 18.3. The summed E-state index contributed by atoms with van der Waals surface area (Å²) in [6, 6.07) is 17.2. The monoisotopic (exact) mass is 362 g/mol. The molecule has 0 atom stereocenters. The van der Waals surface area contributed by atoms with E-state index in [0.29, 0.717) is 0 Å². The summed E-state index contributed by atoms with van der Waals surface area (Å²) in [4.78, 5) is 10.0. The molecule has 2 heterocycles. The summed E-state index contributed by atoms with van der Waals surface area (Å²) < 4.78 is 14.2. The van der Waals surface area contributed by atoms with Gasteiger partial charge in [0.1, 0.15) is 12.1 Å². The van der Waals surface area contributed by atoms with Crippen molar-refractivity contribution in [3.8, 4) is 21.7 Å². The second kappa shape index (κ2) is 6.29. The topological polar surface area (TPSA) is 25.8 Å². The Labute approximate surface area is 156 Å². The predicted octanol–water partition coefficient (Wildman–Crippen LogP) is 6.46. The normalized spacial score (nSPS) is 11.8. The molecule has 4 rings (SSSR count). The summed E-state index contributed by atoms with van der Waals surface area (Å²) in [6.45, 7) is 6.62. The van der Waals surface area contributed by atoms with Gasteiger partial charge >= 0.3 is 0 Å². The van der Waals surface area contributed by atoms with Crippen molar-refractivity contribution in [3.05, 3.63) is 72.3 Å². The molecule has 2 aromatic carbocycles. The van der Waals surface area contributed by atoms with Crippen LogP contribution in [0.2, 0.25) is 0 Å². The van der Waals surface area contributed by atoms with Crippen LogP contribution in [0.25, 0.3) is 31.9 Å². The molecule has 4 aromatic rings. The number of thiophene rings is 1. The lowest BCUT2D eigenvalue weighted by atomic mass is 9.86. The highest BCUT2D eigenvalue weighted by Crippen LogP contribution is 2.37. The Balaban J connectivity index is 1.80. The van der Waals surface area contributed by atoms with Crippen molar-refractivity contribution in [2.75, 3.05) is 0 Å². The van der Waals surface area contributed by atoms with Crippen LogP contribution >= 0.6 is 11.3 Å². The van der Waals surface area contributed by atoms with Crippen LogP contribution < -0.4 is 0 Å².